The lowest BCUT2D eigenvalue weighted by atomic mass is 10.2. The summed E-state index contributed by atoms with van der Waals surface area (Å²) in [5, 5.41) is 3.87. The largest absolute Gasteiger partial charge is 0.495 e. The number of nitrogens with zero attached hydrogens (tertiary/aromatic N) is 1. The summed E-state index contributed by atoms with van der Waals surface area (Å²) in [4.78, 5) is 13.7. The quantitative estimate of drug-likeness (QED) is 0.207. The lowest BCUT2D eigenvalue weighted by Gasteiger charge is -2.20. The number of nitrogens with one attached hydrogen (secondary N) is 1. The van der Waals surface area contributed by atoms with E-state index in [1.54, 1.807) is 36.4 Å². The number of carbonyl (C=O) groups excluding carboxylic acids is 1. The lowest BCUT2D eigenvalue weighted by molar-refractivity contribution is 0.103. The van der Waals surface area contributed by atoms with Crippen molar-refractivity contribution in [2.24, 2.45) is 0 Å². The minimum Gasteiger partial charge on any atom is -0.495 e. The van der Waals surface area contributed by atoms with Crippen molar-refractivity contribution in [3.05, 3.63) is 107 Å². The summed E-state index contributed by atoms with van der Waals surface area (Å²) in [7, 11) is -0.953. The summed E-state index contributed by atoms with van der Waals surface area (Å²) >= 11 is 7.47. The number of ether oxygens (including phenoxy) is 2. The first-order valence-electron chi connectivity index (χ1n) is 11.8. The highest BCUT2D eigenvalue weighted by atomic mass is 35.5. The fraction of sp³-hybridized carbons (Fsp3) is 0.0690. The molecule has 4 aromatic carbocycles. The molecule has 0 aliphatic heterocycles. The topological polar surface area (TPSA) is 84.9 Å². The van der Waals surface area contributed by atoms with Crippen LogP contribution in [-0.2, 0) is 10.0 Å². The first kappa shape index (κ1) is 26.6. The van der Waals surface area contributed by atoms with Crippen LogP contribution in [0.1, 0.15) is 9.67 Å². The minimum absolute atomic E-state index is 0.0395. The van der Waals surface area contributed by atoms with E-state index in [4.69, 9.17) is 21.1 Å². The number of sulfonamides is 1. The molecule has 198 valence electrons. The molecule has 0 radical (unpaired) electrons. The molecule has 0 unspecified atom stereocenters. The number of para-hydroxylation sites is 3. The molecule has 5 rings (SSSR count). The van der Waals surface area contributed by atoms with Gasteiger partial charge in [0.05, 0.1) is 33.3 Å². The van der Waals surface area contributed by atoms with Crippen molar-refractivity contribution >= 4 is 60.3 Å². The number of carbonyl (C=O) groups is 1. The van der Waals surface area contributed by atoms with E-state index in [2.05, 4.69) is 5.32 Å². The monoisotopic (exact) mass is 578 g/mol. The summed E-state index contributed by atoms with van der Waals surface area (Å²) in [6.07, 6.45) is 0. The van der Waals surface area contributed by atoms with Crippen molar-refractivity contribution in [3.8, 4) is 17.2 Å². The Balaban J connectivity index is 1.38. The van der Waals surface area contributed by atoms with Gasteiger partial charge in [-0.2, -0.15) is 0 Å². The first-order chi connectivity index (χ1) is 18.8. The Labute approximate surface area is 235 Å². The number of amides is 1. The second-order valence-electron chi connectivity index (χ2n) is 8.47. The van der Waals surface area contributed by atoms with Gasteiger partial charge in [0, 0.05) is 11.7 Å². The molecule has 0 fully saturated rings. The smallest absolute Gasteiger partial charge is 0.265 e. The van der Waals surface area contributed by atoms with Crippen molar-refractivity contribution in [1.29, 1.82) is 0 Å². The Bertz CT molecular complexity index is 1770. The maximum absolute atomic E-state index is 13.3. The number of benzene rings is 4. The van der Waals surface area contributed by atoms with Crippen LogP contribution in [0.15, 0.2) is 102 Å². The van der Waals surface area contributed by atoms with Crippen molar-refractivity contribution < 1.29 is 22.7 Å². The van der Waals surface area contributed by atoms with Crippen LogP contribution in [0.5, 0.6) is 17.2 Å². The molecule has 1 heterocycles. The van der Waals surface area contributed by atoms with Gasteiger partial charge in [0.2, 0.25) is 0 Å². The molecular weight excluding hydrogens is 556 g/mol. The molecule has 0 bridgehead atoms. The first-order valence-corrected chi connectivity index (χ1v) is 14.4. The number of rotatable bonds is 8. The van der Waals surface area contributed by atoms with Crippen LogP contribution in [0.2, 0.25) is 5.02 Å². The molecule has 0 aliphatic carbocycles. The zero-order valence-corrected chi connectivity index (χ0v) is 23.3. The molecule has 10 heteroatoms. The molecule has 1 amide bonds. The molecule has 39 heavy (non-hydrogen) atoms. The summed E-state index contributed by atoms with van der Waals surface area (Å²) in [5.74, 6) is 1.27. The van der Waals surface area contributed by atoms with E-state index in [1.807, 2.05) is 42.5 Å². The minimum atomic E-state index is -3.89. The Kier molecular flexibility index (Phi) is 7.47. The van der Waals surface area contributed by atoms with E-state index in [0.29, 0.717) is 33.5 Å². The van der Waals surface area contributed by atoms with E-state index in [0.717, 1.165) is 10.1 Å². The second kappa shape index (κ2) is 11.0. The molecule has 5 aromatic rings. The number of hydrogen-bond donors (Lipinski definition) is 1. The van der Waals surface area contributed by atoms with Gasteiger partial charge in [-0.3, -0.25) is 9.10 Å². The fourth-order valence-electron chi connectivity index (χ4n) is 3.90. The van der Waals surface area contributed by atoms with Gasteiger partial charge in [0.15, 0.2) is 5.75 Å². The van der Waals surface area contributed by atoms with Crippen LogP contribution in [0, 0.1) is 0 Å². The molecule has 1 aromatic heterocycles. The van der Waals surface area contributed by atoms with Gasteiger partial charge < -0.3 is 14.8 Å². The standard InChI is InChI=1S/C29H23ClN2O5S2/c1-32(39(34,35)22-13-14-25(36-2)23(30)18-22)20-12-15-27-19(16-20)17-28(38-27)29(33)31-24-10-6-7-11-26(24)37-21-8-4-3-5-9-21/h3-18H,1-2H3,(H,31,33). The Morgan fingerprint density at radius 3 is 2.38 bits per heavy atom. The van der Waals surface area contributed by atoms with Crippen LogP contribution < -0.4 is 19.1 Å². The van der Waals surface area contributed by atoms with Crippen LogP contribution in [0.3, 0.4) is 0 Å². The fourth-order valence-corrected chi connectivity index (χ4v) is 6.38. The zero-order valence-electron chi connectivity index (χ0n) is 20.9. The van der Waals surface area contributed by atoms with E-state index in [-0.39, 0.29) is 15.8 Å². The van der Waals surface area contributed by atoms with Gasteiger partial charge in [-0.1, -0.05) is 41.9 Å². The van der Waals surface area contributed by atoms with Crippen LogP contribution >= 0.6 is 22.9 Å². The molecule has 0 saturated carbocycles. The van der Waals surface area contributed by atoms with Crippen molar-refractivity contribution in [1.82, 2.24) is 0 Å². The third kappa shape index (κ3) is 5.56. The Morgan fingerprint density at radius 2 is 1.64 bits per heavy atom. The molecule has 0 spiro atoms. The number of fused-ring (bicyclic) bond motifs is 1. The molecule has 0 atom stereocenters. The van der Waals surface area contributed by atoms with Crippen LogP contribution in [-0.4, -0.2) is 28.5 Å². The molecule has 0 saturated heterocycles. The summed E-state index contributed by atoms with van der Waals surface area (Å²) in [6.45, 7) is 0. The van der Waals surface area contributed by atoms with Crippen LogP contribution in [0.25, 0.3) is 10.1 Å². The van der Waals surface area contributed by atoms with Gasteiger partial charge in [0.1, 0.15) is 11.5 Å². The average Bonchev–Trinajstić information content (AvgIpc) is 3.38. The van der Waals surface area contributed by atoms with Gasteiger partial charge in [-0.25, -0.2) is 8.42 Å². The van der Waals surface area contributed by atoms with Crippen LogP contribution in [0.4, 0.5) is 11.4 Å². The number of thiophene rings is 1. The highest BCUT2D eigenvalue weighted by Crippen LogP contribution is 2.34. The van der Waals surface area contributed by atoms with Gasteiger partial charge in [-0.05, 0) is 72.1 Å². The number of hydrogen-bond acceptors (Lipinski definition) is 6. The van der Waals surface area contributed by atoms with E-state index < -0.39 is 10.0 Å². The second-order valence-corrected chi connectivity index (χ2v) is 11.9. The average molecular weight is 579 g/mol. The maximum atomic E-state index is 13.3. The number of methoxy groups -OCH3 is 1. The number of halogens is 1. The summed E-state index contributed by atoms with van der Waals surface area (Å²) in [6, 6.07) is 27.8. The molecule has 1 N–H and O–H groups in total. The normalized spacial score (nSPS) is 11.3. The van der Waals surface area contributed by atoms with Gasteiger partial charge >= 0.3 is 0 Å². The highest BCUT2D eigenvalue weighted by Gasteiger charge is 2.23. The Hall–Kier alpha value is -4.05. The predicted molar refractivity (Wildman–Crippen MR) is 156 cm³/mol. The summed E-state index contributed by atoms with van der Waals surface area (Å²) < 4.78 is 39.6. The van der Waals surface area contributed by atoms with E-state index in [9.17, 15) is 13.2 Å². The van der Waals surface area contributed by atoms with Crippen molar-refractivity contribution in [2.45, 2.75) is 4.90 Å². The zero-order chi connectivity index (χ0) is 27.6. The predicted octanol–water partition coefficient (Wildman–Crippen LogP) is 7.43. The third-order valence-corrected chi connectivity index (χ3v) is 9.17. The summed E-state index contributed by atoms with van der Waals surface area (Å²) in [5.41, 5.74) is 0.981. The third-order valence-electron chi connectivity index (χ3n) is 5.98. The van der Waals surface area contributed by atoms with Gasteiger partial charge in [0.25, 0.3) is 15.9 Å². The molecule has 0 aliphatic rings. The lowest BCUT2D eigenvalue weighted by Crippen LogP contribution is -2.26. The van der Waals surface area contributed by atoms with E-state index in [1.165, 1.54) is 48.0 Å². The molecule has 7 nitrogen and oxygen atoms in total. The van der Waals surface area contributed by atoms with Gasteiger partial charge in [-0.15, -0.1) is 11.3 Å². The number of anilines is 2. The van der Waals surface area contributed by atoms with Crippen molar-refractivity contribution in [3.63, 3.8) is 0 Å². The van der Waals surface area contributed by atoms with Crippen molar-refractivity contribution in [2.75, 3.05) is 23.8 Å². The SMILES string of the molecule is COc1ccc(S(=O)(=O)N(C)c2ccc3sc(C(=O)Nc4ccccc4Oc4ccccc4)cc3c2)cc1Cl. The Morgan fingerprint density at radius 1 is 0.897 bits per heavy atom. The van der Waals surface area contributed by atoms with E-state index >= 15 is 0 Å². The molecular formula is C29H23ClN2O5S2. The highest BCUT2D eigenvalue weighted by molar-refractivity contribution is 7.92. The maximum Gasteiger partial charge on any atom is 0.265 e.